The second-order valence-electron chi connectivity index (χ2n) is 7.30. The molecule has 1 fully saturated rings. The van der Waals surface area contributed by atoms with Crippen LogP contribution in [0.2, 0.25) is 5.02 Å². The number of carbonyl (C=O) groups excluding carboxylic acids is 1. The van der Waals surface area contributed by atoms with Crippen LogP contribution in [0.1, 0.15) is 27.5 Å². The molecule has 1 saturated heterocycles. The number of nitrogens with zero attached hydrogens (tertiary/aromatic N) is 3. The Morgan fingerprint density at radius 1 is 1.10 bits per heavy atom. The summed E-state index contributed by atoms with van der Waals surface area (Å²) in [4.78, 5) is 16.9. The van der Waals surface area contributed by atoms with Crippen molar-refractivity contribution in [3.63, 3.8) is 0 Å². The van der Waals surface area contributed by atoms with E-state index in [1.165, 1.54) is 0 Å². The SMILES string of the molecule is CN1CCN(C(=O)c2ccc(NC(c3cn[nH]c3)c3ccccc3Cl)cc2)CC1. The Balaban J connectivity index is 1.52. The molecule has 1 aliphatic rings. The molecule has 0 saturated carbocycles. The first-order valence-electron chi connectivity index (χ1n) is 9.69. The summed E-state index contributed by atoms with van der Waals surface area (Å²) in [6.07, 6.45) is 3.64. The Bertz CT molecular complexity index is 950. The molecule has 0 spiro atoms. The van der Waals surface area contributed by atoms with Gasteiger partial charge >= 0.3 is 0 Å². The van der Waals surface area contributed by atoms with Gasteiger partial charge in [-0.2, -0.15) is 5.10 Å². The smallest absolute Gasteiger partial charge is 0.253 e. The zero-order valence-electron chi connectivity index (χ0n) is 16.3. The topological polar surface area (TPSA) is 64.3 Å². The lowest BCUT2D eigenvalue weighted by molar-refractivity contribution is 0.0664. The van der Waals surface area contributed by atoms with E-state index in [1.807, 2.05) is 59.6 Å². The number of nitrogens with one attached hydrogen (secondary N) is 2. The largest absolute Gasteiger partial charge is 0.374 e. The van der Waals surface area contributed by atoms with E-state index in [2.05, 4.69) is 27.5 Å². The predicted molar refractivity (Wildman–Crippen MR) is 115 cm³/mol. The number of hydrogen-bond acceptors (Lipinski definition) is 4. The Kier molecular flexibility index (Phi) is 5.83. The van der Waals surface area contributed by atoms with E-state index < -0.39 is 0 Å². The molecule has 150 valence electrons. The van der Waals surface area contributed by atoms with E-state index in [9.17, 15) is 4.79 Å². The maximum Gasteiger partial charge on any atom is 0.253 e. The highest BCUT2D eigenvalue weighted by Gasteiger charge is 2.21. The second kappa shape index (κ2) is 8.68. The molecule has 29 heavy (non-hydrogen) atoms. The van der Waals surface area contributed by atoms with Gasteiger partial charge in [-0.1, -0.05) is 29.8 Å². The number of aromatic nitrogens is 2. The summed E-state index contributed by atoms with van der Waals surface area (Å²) in [7, 11) is 2.08. The third-order valence-corrected chi connectivity index (χ3v) is 5.65. The zero-order valence-corrected chi connectivity index (χ0v) is 17.1. The van der Waals surface area contributed by atoms with Crippen LogP contribution in [-0.2, 0) is 0 Å². The van der Waals surface area contributed by atoms with Gasteiger partial charge in [0, 0.05) is 54.2 Å². The van der Waals surface area contributed by atoms with Crippen LogP contribution >= 0.6 is 11.6 Å². The van der Waals surface area contributed by atoms with Crippen molar-refractivity contribution in [2.75, 3.05) is 38.5 Å². The van der Waals surface area contributed by atoms with Crippen molar-refractivity contribution < 1.29 is 4.79 Å². The van der Waals surface area contributed by atoms with Gasteiger partial charge in [0.1, 0.15) is 0 Å². The molecule has 2 aromatic carbocycles. The Labute approximate surface area is 175 Å². The number of anilines is 1. The molecule has 1 unspecified atom stereocenters. The van der Waals surface area contributed by atoms with Crippen LogP contribution in [-0.4, -0.2) is 59.1 Å². The van der Waals surface area contributed by atoms with E-state index >= 15 is 0 Å². The van der Waals surface area contributed by atoms with Crippen LogP contribution in [0.4, 0.5) is 5.69 Å². The van der Waals surface area contributed by atoms with Crippen LogP contribution in [0.3, 0.4) is 0 Å². The number of aromatic amines is 1. The molecule has 3 aromatic rings. The number of amides is 1. The molecule has 2 N–H and O–H groups in total. The van der Waals surface area contributed by atoms with Crippen molar-refractivity contribution >= 4 is 23.2 Å². The minimum atomic E-state index is -0.151. The summed E-state index contributed by atoms with van der Waals surface area (Å²) >= 11 is 6.44. The fraction of sp³-hybridized carbons (Fsp3) is 0.273. The standard InChI is InChI=1S/C22H24ClN5O/c1-27-10-12-28(13-11-27)22(29)16-6-8-18(9-7-16)26-21(17-14-24-25-15-17)19-4-2-3-5-20(19)23/h2-9,14-15,21,26H,10-13H2,1H3,(H,24,25). The van der Waals surface area contributed by atoms with Crippen LogP contribution in [0.5, 0.6) is 0 Å². The maximum atomic E-state index is 12.7. The molecule has 1 aliphatic heterocycles. The first-order chi connectivity index (χ1) is 14.1. The Hall–Kier alpha value is -2.83. The average Bonchev–Trinajstić information content (AvgIpc) is 3.28. The monoisotopic (exact) mass is 409 g/mol. The van der Waals surface area contributed by atoms with Crippen molar-refractivity contribution in [1.29, 1.82) is 0 Å². The number of H-pyrrole nitrogens is 1. The van der Waals surface area contributed by atoms with Crippen molar-refractivity contribution in [2.24, 2.45) is 0 Å². The van der Waals surface area contributed by atoms with E-state index in [4.69, 9.17) is 11.6 Å². The molecule has 7 heteroatoms. The van der Waals surface area contributed by atoms with Gasteiger partial charge in [0.05, 0.1) is 12.2 Å². The summed E-state index contributed by atoms with van der Waals surface area (Å²) in [5, 5.41) is 11.1. The summed E-state index contributed by atoms with van der Waals surface area (Å²) in [5.41, 5.74) is 3.56. The fourth-order valence-electron chi connectivity index (χ4n) is 3.54. The number of halogens is 1. The van der Waals surface area contributed by atoms with E-state index in [1.54, 1.807) is 6.20 Å². The van der Waals surface area contributed by atoms with Gasteiger partial charge < -0.3 is 15.1 Å². The second-order valence-corrected chi connectivity index (χ2v) is 7.71. The maximum absolute atomic E-state index is 12.7. The highest BCUT2D eigenvalue weighted by Crippen LogP contribution is 2.31. The van der Waals surface area contributed by atoms with Crippen LogP contribution < -0.4 is 5.32 Å². The van der Waals surface area contributed by atoms with Crippen LogP contribution in [0, 0.1) is 0 Å². The Morgan fingerprint density at radius 3 is 2.48 bits per heavy atom. The van der Waals surface area contributed by atoms with Gasteiger partial charge in [-0.25, -0.2) is 0 Å². The Morgan fingerprint density at radius 2 is 1.83 bits per heavy atom. The molecule has 4 rings (SSSR count). The minimum absolute atomic E-state index is 0.0853. The molecular weight excluding hydrogens is 386 g/mol. The molecule has 2 heterocycles. The van der Waals surface area contributed by atoms with Crippen molar-refractivity contribution in [3.8, 4) is 0 Å². The molecule has 1 aromatic heterocycles. The highest BCUT2D eigenvalue weighted by atomic mass is 35.5. The molecule has 6 nitrogen and oxygen atoms in total. The molecular formula is C22H24ClN5O. The number of benzene rings is 2. The molecule has 1 amide bonds. The first-order valence-corrected chi connectivity index (χ1v) is 10.1. The number of carbonyl (C=O) groups is 1. The molecule has 0 radical (unpaired) electrons. The van der Waals surface area contributed by atoms with Gasteiger partial charge in [0.25, 0.3) is 5.91 Å². The summed E-state index contributed by atoms with van der Waals surface area (Å²) < 4.78 is 0. The normalized spacial score (nSPS) is 15.9. The molecule has 0 bridgehead atoms. The van der Waals surface area contributed by atoms with Gasteiger partial charge in [-0.3, -0.25) is 9.89 Å². The highest BCUT2D eigenvalue weighted by molar-refractivity contribution is 6.31. The van der Waals surface area contributed by atoms with Gasteiger partial charge in [0.2, 0.25) is 0 Å². The lowest BCUT2D eigenvalue weighted by Gasteiger charge is -2.32. The molecule has 1 atom stereocenters. The van der Waals surface area contributed by atoms with E-state index in [-0.39, 0.29) is 11.9 Å². The first kappa shape index (κ1) is 19.5. The minimum Gasteiger partial charge on any atom is -0.374 e. The lowest BCUT2D eigenvalue weighted by Crippen LogP contribution is -2.47. The number of likely N-dealkylation sites (N-methyl/N-ethyl adjacent to an activating group) is 1. The van der Waals surface area contributed by atoms with Crippen LogP contribution in [0.15, 0.2) is 60.9 Å². The average molecular weight is 410 g/mol. The van der Waals surface area contributed by atoms with E-state index in [0.29, 0.717) is 10.6 Å². The molecule has 0 aliphatic carbocycles. The van der Waals surface area contributed by atoms with E-state index in [0.717, 1.165) is 43.0 Å². The lowest BCUT2D eigenvalue weighted by atomic mass is 10.0. The summed E-state index contributed by atoms with van der Waals surface area (Å²) in [6, 6.07) is 15.2. The van der Waals surface area contributed by atoms with Crippen molar-refractivity contribution in [2.45, 2.75) is 6.04 Å². The van der Waals surface area contributed by atoms with Gasteiger partial charge in [0.15, 0.2) is 0 Å². The summed E-state index contributed by atoms with van der Waals surface area (Å²) in [5.74, 6) is 0.0853. The zero-order chi connectivity index (χ0) is 20.2. The van der Waals surface area contributed by atoms with Gasteiger partial charge in [-0.15, -0.1) is 0 Å². The van der Waals surface area contributed by atoms with Crippen molar-refractivity contribution in [1.82, 2.24) is 20.0 Å². The number of rotatable bonds is 5. The van der Waals surface area contributed by atoms with Crippen LogP contribution in [0.25, 0.3) is 0 Å². The number of piperazine rings is 1. The fourth-order valence-corrected chi connectivity index (χ4v) is 3.78. The van der Waals surface area contributed by atoms with Gasteiger partial charge in [-0.05, 0) is 42.9 Å². The quantitative estimate of drug-likeness (QED) is 0.675. The third-order valence-electron chi connectivity index (χ3n) is 5.30. The predicted octanol–water partition coefficient (Wildman–Crippen LogP) is 3.65. The number of hydrogen-bond donors (Lipinski definition) is 2. The third kappa shape index (κ3) is 4.44. The van der Waals surface area contributed by atoms with Crippen molar-refractivity contribution in [3.05, 3.63) is 82.6 Å². The summed E-state index contributed by atoms with van der Waals surface area (Å²) in [6.45, 7) is 3.36.